The van der Waals surface area contributed by atoms with Crippen molar-refractivity contribution in [2.45, 2.75) is 26.3 Å². The van der Waals surface area contributed by atoms with Gasteiger partial charge >= 0.3 is 0 Å². The van der Waals surface area contributed by atoms with E-state index in [-0.39, 0.29) is 0 Å². The lowest BCUT2D eigenvalue weighted by Crippen LogP contribution is -2.19. The Hall–Kier alpha value is -1.61. The van der Waals surface area contributed by atoms with Crippen LogP contribution in [0.15, 0.2) is 36.5 Å². The van der Waals surface area contributed by atoms with Crippen molar-refractivity contribution in [3.63, 3.8) is 0 Å². The quantitative estimate of drug-likeness (QED) is 0.844. The highest BCUT2D eigenvalue weighted by Gasteiger charge is 2.09. The molecule has 3 nitrogen and oxygen atoms in total. The Labute approximate surface area is 109 Å². The fourth-order valence-corrected chi connectivity index (χ4v) is 2.08. The molecule has 1 N–H and O–H groups in total. The third-order valence-electron chi connectivity index (χ3n) is 3.11. The lowest BCUT2D eigenvalue weighted by Gasteiger charge is -2.16. The number of nitrogens with one attached hydrogen (secondary N) is 1. The summed E-state index contributed by atoms with van der Waals surface area (Å²) in [5.41, 5.74) is 3.60. The molecule has 96 valence electrons. The predicted octanol–water partition coefficient (Wildman–Crippen LogP) is 3.31. The van der Waals surface area contributed by atoms with Crippen LogP contribution in [0, 0.1) is 0 Å². The van der Waals surface area contributed by atoms with Crippen LogP contribution in [-0.2, 0) is 6.54 Å². The van der Waals surface area contributed by atoms with Crippen LogP contribution in [-0.4, -0.2) is 28.7 Å². The van der Waals surface area contributed by atoms with Crippen molar-refractivity contribution in [3.8, 4) is 11.3 Å². The van der Waals surface area contributed by atoms with Gasteiger partial charge in [-0.3, -0.25) is 5.10 Å². The number of H-pyrrole nitrogens is 1. The van der Waals surface area contributed by atoms with E-state index in [2.05, 4.69) is 53.3 Å². The van der Waals surface area contributed by atoms with Gasteiger partial charge in [-0.05, 0) is 25.6 Å². The van der Waals surface area contributed by atoms with E-state index in [9.17, 15) is 0 Å². The van der Waals surface area contributed by atoms with Crippen molar-refractivity contribution < 1.29 is 0 Å². The number of unbranched alkanes of at least 4 members (excludes halogenated alkanes) is 1. The first-order chi connectivity index (χ1) is 8.81. The molecule has 2 aromatic rings. The molecular formula is C15H21N3. The largest absolute Gasteiger partial charge is 0.302 e. The van der Waals surface area contributed by atoms with Gasteiger partial charge in [0, 0.05) is 12.1 Å². The minimum Gasteiger partial charge on any atom is -0.302 e. The molecule has 1 heterocycles. The van der Waals surface area contributed by atoms with Gasteiger partial charge in [-0.15, -0.1) is 0 Å². The Morgan fingerprint density at radius 2 is 2.00 bits per heavy atom. The Morgan fingerprint density at radius 1 is 1.22 bits per heavy atom. The lowest BCUT2D eigenvalue weighted by atomic mass is 10.1. The van der Waals surface area contributed by atoms with E-state index in [0.717, 1.165) is 18.8 Å². The maximum absolute atomic E-state index is 4.18. The van der Waals surface area contributed by atoms with Gasteiger partial charge < -0.3 is 4.90 Å². The first kappa shape index (κ1) is 12.8. The zero-order chi connectivity index (χ0) is 12.8. The van der Waals surface area contributed by atoms with E-state index >= 15 is 0 Å². The Morgan fingerprint density at radius 3 is 2.72 bits per heavy atom. The van der Waals surface area contributed by atoms with E-state index in [1.54, 1.807) is 0 Å². The smallest absolute Gasteiger partial charge is 0.0695 e. The highest BCUT2D eigenvalue weighted by atomic mass is 15.1. The second kappa shape index (κ2) is 6.36. The van der Waals surface area contributed by atoms with Crippen LogP contribution >= 0.6 is 0 Å². The van der Waals surface area contributed by atoms with Crippen molar-refractivity contribution in [2.24, 2.45) is 0 Å². The summed E-state index contributed by atoms with van der Waals surface area (Å²) >= 11 is 0. The molecule has 0 saturated carbocycles. The molecular weight excluding hydrogens is 222 g/mol. The van der Waals surface area contributed by atoms with Crippen molar-refractivity contribution >= 4 is 0 Å². The van der Waals surface area contributed by atoms with Crippen molar-refractivity contribution in [1.82, 2.24) is 15.1 Å². The second-order valence-corrected chi connectivity index (χ2v) is 4.73. The third-order valence-corrected chi connectivity index (χ3v) is 3.11. The third kappa shape index (κ3) is 3.20. The van der Waals surface area contributed by atoms with Crippen molar-refractivity contribution in [2.75, 3.05) is 13.6 Å². The summed E-state index contributed by atoms with van der Waals surface area (Å²) in [5, 5.41) is 7.29. The van der Waals surface area contributed by atoms with Gasteiger partial charge in [0.1, 0.15) is 0 Å². The molecule has 0 fully saturated rings. The molecule has 0 unspecified atom stereocenters. The molecule has 0 atom stereocenters. The Kier molecular flexibility index (Phi) is 4.53. The Balaban J connectivity index is 2.09. The predicted molar refractivity (Wildman–Crippen MR) is 75.3 cm³/mol. The standard InChI is InChI=1S/C15H21N3/c1-3-4-10-18(2)12-14-11-16-17-15(14)13-8-6-5-7-9-13/h5-9,11H,3-4,10,12H2,1-2H3,(H,16,17). The molecule has 3 heteroatoms. The average molecular weight is 243 g/mol. The fraction of sp³-hybridized carbons (Fsp3) is 0.400. The van der Waals surface area contributed by atoms with E-state index in [1.165, 1.54) is 24.0 Å². The molecule has 0 aliphatic carbocycles. The van der Waals surface area contributed by atoms with Crippen molar-refractivity contribution in [1.29, 1.82) is 0 Å². The van der Waals surface area contributed by atoms with Gasteiger partial charge in [0.2, 0.25) is 0 Å². The van der Waals surface area contributed by atoms with E-state index in [4.69, 9.17) is 0 Å². The summed E-state index contributed by atoms with van der Waals surface area (Å²) in [6.45, 7) is 4.30. The van der Waals surface area contributed by atoms with Gasteiger partial charge in [0.25, 0.3) is 0 Å². The summed E-state index contributed by atoms with van der Waals surface area (Å²) in [7, 11) is 2.16. The topological polar surface area (TPSA) is 31.9 Å². The maximum atomic E-state index is 4.18. The van der Waals surface area contributed by atoms with E-state index in [1.807, 2.05) is 12.3 Å². The number of benzene rings is 1. The normalized spacial score (nSPS) is 11.1. The fourth-order valence-electron chi connectivity index (χ4n) is 2.08. The highest BCUT2D eigenvalue weighted by Crippen LogP contribution is 2.21. The second-order valence-electron chi connectivity index (χ2n) is 4.73. The molecule has 0 bridgehead atoms. The maximum Gasteiger partial charge on any atom is 0.0695 e. The first-order valence-electron chi connectivity index (χ1n) is 6.57. The van der Waals surface area contributed by atoms with Crippen LogP contribution in [0.2, 0.25) is 0 Å². The number of rotatable bonds is 6. The van der Waals surface area contributed by atoms with Gasteiger partial charge in [-0.25, -0.2) is 0 Å². The molecule has 18 heavy (non-hydrogen) atoms. The number of hydrogen-bond donors (Lipinski definition) is 1. The molecule has 0 spiro atoms. The molecule has 1 aromatic carbocycles. The van der Waals surface area contributed by atoms with Gasteiger partial charge in [0.15, 0.2) is 0 Å². The number of nitrogens with zero attached hydrogens (tertiary/aromatic N) is 2. The first-order valence-corrected chi connectivity index (χ1v) is 6.57. The average Bonchev–Trinajstić information content (AvgIpc) is 2.85. The minimum atomic E-state index is 0.945. The number of hydrogen-bond acceptors (Lipinski definition) is 2. The van der Waals surface area contributed by atoms with Crippen molar-refractivity contribution in [3.05, 3.63) is 42.1 Å². The summed E-state index contributed by atoms with van der Waals surface area (Å²) in [4.78, 5) is 2.35. The van der Waals surface area contributed by atoms with Crippen LogP contribution in [0.1, 0.15) is 25.3 Å². The van der Waals surface area contributed by atoms with E-state index in [0.29, 0.717) is 0 Å². The molecule has 2 rings (SSSR count). The van der Waals surface area contributed by atoms with Gasteiger partial charge in [-0.2, -0.15) is 5.10 Å². The van der Waals surface area contributed by atoms with Crippen LogP contribution in [0.4, 0.5) is 0 Å². The summed E-state index contributed by atoms with van der Waals surface area (Å²) in [6.07, 6.45) is 4.42. The number of aromatic amines is 1. The Bertz CT molecular complexity index is 462. The summed E-state index contributed by atoms with van der Waals surface area (Å²) in [5.74, 6) is 0. The van der Waals surface area contributed by atoms with Crippen LogP contribution in [0.5, 0.6) is 0 Å². The summed E-state index contributed by atoms with van der Waals surface area (Å²) < 4.78 is 0. The summed E-state index contributed by atoms with van der Waals surface area (Å²) in [6, 6.07) is 10.4. The molecule has 0 aliphatic heterocycles. The monoisotopic (exact) mass is 243 g/mol. The van der Waals surface area contributed by atoms with Crippen LogP contribution < -0.4 is 0 Å². The SMILES string of the molecule is CCCCN(C)Cc1cn[nH]c1-c1ccccc1. The lowest BCUT2D eigenvalue weighted by molar-refractivity contribution is 0.321. The van der Waals surface area contributed by atoms with E-state index < -0.39 is 0 Å². The molecule has 0 amide bonds. The molecule has 0 radical (unpaired) electrons. The zero-order valence-corrected chi connectivity index (χ0v) is 11.2. The van der Waals surface area contributed by atoms with Gasteiger partial charge in [0.05, 0.1) is 11.9 Å². The zero-order valence-electron chi connectivity index (χ0n) is 11.2. The van der Waals surface area contributed by atoms with Gasteiger partial charge in [-0.1, -0.05) is 43.7 Å². The molecule has 0 saturated heterocycles. The van der Waals surface area contributed by atoms with Crippen LogP contribution in [0.25, 0.3) is 11.3 Å². The molecule has 0 aliphatic rings. The number of aromatic nitrogens is 2. The van der Waals surface area contributed by atoms with Crippen LogP contribution in [0.3, 0.4) is 0 Å². The minimum absolute atomic E-state index is 0.945. The highest BCUT2D eigenvalue weighted by molar-refractivity contribution is 5.62. The molecule has 1 aromatic heterocycles.